The summed E-state index contributed by atoms with van der Waals surface area (Å²) < 4.78 is 8.94. The first-order valence-electron chi connectivity index (χ1n) is 16.7. The molecule has 2 aromatic heterocycles. The Morgan fingerprint density at radius 3 is 2.28 bits per heavy atom. The van der Waals surface area contributed by atoms with Crippen molar-refractivity contribution < 1.29 is 4.42 Å². The Morgan fingerprint density at radius 2 is 1.36 bits per heavy atom. The second kappa shape index (κ2) is 10.9. The van der Waals surface area contributed by atoms with Crippen molar-refractivity contribution in [2.24, 2.45) is 0 Å². The standard InChI is InChI=1S/C42H28N2O.C2H6/c1-2-12-28-25-39-30(23-27(28)11-1)26-41-43(37-20-6-3-15-33(37)34-16-4-7-21-38(34)44(39)41)31-14-9-13-29(24-31)32-18-10-19-36-35-17-5-8-22-40(35)45-42(32)36;1-2/h1-2,4-14,16-26H,3,15H2;1-2H3. The van der Waals surface area contributed by atoms with Crippen molar-refractivity contribution in [2.45, 2.75) is 26.7 Å². The van der Waals surface area contributed by atoms with Crippen LogP contribution in [0.2, 0.25) is 0 Å². The van der Waals surface area contributed by atoms with Gasteiger partial charge in [-0.25, -0.2) is 0 Å². The van der Waals surface area contributed by atoms with Crippen LogP contribution in [0.4, 0.5) is 11.5 Å². The van der Waals surface area contributed by atoms with E-state index in [-0.39, 0.29) is 0 Å². The van der Waals surface area contributed by atoms with Crippen LogP contribution in [0, 0.1) is 0 Å². The topological polar surface area (TPSA) is 21.3 Å². The lowest BCUT2D eigenvalue weighted by molar-refractivity contribution is 0.670. The highest BCUT2D eigenvalue weighted by Crippen LogP contribution is 2.47. The fourth-order valence-electron chi connectivity index (χ4n) is 7.54. The van der Waals surface area contributed by atoms with Gasteiger partial charge in [0.25, 0.3) is 0 Å². The first kappa shape index (κ1) is 27.5. The third-order valence-electron chi connectivity index (χ3n) is 9.56. The summed E-state index contributed by atoms with van der Waals surface area (Å²) in [5, 5.41) is 6.03. The molecule has 0 amide bonds. The summed E-state index contributed by atoms with van der Waals surface area (Å²) in [7, 11) is 0. The highest BCUT2D eigenvalue weighted by Gasteiger charge is 2.30. The summed E-state index contributed by atoms with van der Waals surface area (Å²) in [6.45, 7) is 4.00. The molecule has 0 saturated heterocycles. The van der Waals surface area contributed by atoms with E-state index in [2.05, 4.69) is 149 Å². The molecule has 3 nitrogen and oxygen atoms in total. The van der Waals surface area contributed by atoms with Crippen molar-refractivity contribution in [1.82, 2.24) is 4.57 Å². The Labute approximate surface area is 274 Å². The Hall–Kier alpha value is -5.80. The molecule has 6 aromatic carbocycles. The van der Waals surface area contributed by atoms with E-state index in [1.807, 2.05) is 19.9 Å². The molecule has 47 heavy (non-hydrogen) atoms. The number of rotatable bonds is 2. The number of hydrogen-bond donors (Lipinski definition) is 0. The summed E-state index contributed by atoms with van der Waals surface area (Å²) in [5.74, 6) is 1.14. The zero-order chi connectivity index (χ0) is 31.5. The zero-order valence-corrected chi connectivity index (χ0v) is 26.6. The number of fused-ring (bicyclic) bond motifs is 10. The van der Waals surface area contributed by atoms with Crippen molar-refractivity contribution >= 4 is 60.7 Å². The molecule has 8 aromatic rings. The number of aromatic nitrogens is 1. The maximum Gasteiger partial charge on any atom is 0.143 e. The number of benzene rings is 6. The normalized spacial score (nSPS) is 13.8. The summed E-state index contributed by atoms with van der Waals surface area (Å²) in [6.07, 6.45) is 6.69. The van der Waals surface area contributed by atoms with Crippen LogP contribution in [-0.4, -0.2) is 4.57 Å². The van der Waals surface area contributed by atoms with Gasteiger partial charge in [0.1, 0.15) is 17.0 Å². The molecule has 0 atom stereocenters. The third kappa shape index (κ3) is 4.20. The van der Waals surface area contributed by atoms with Gasteiger partial charge in [-0.05, 0) is 83.3 Å². The molecular formula is C44H34N2O. The quantitative estimate of drug-likeness (QED) is 0.195. The molecule has 2 aliphatic rings. The minimum atomic E-state index is 0.917. The van der Waals surface area contributed by atoms with Crippen LogP contribution < -0.4 is 4.90 Å². The monoisotopic (exact) mass is 606 g/mol. The maximum atomic E-state index is 6.47. The fourth-order valence-corrected chi connectivity index (χ4v) is 7.54. The van der Waals surface area contributed by atoms with Gasteiger partial charge in [-0.15, -0.1) is 0 Å². The number of furan rings is 1. The second-order valence-electron chi connectivity index (χ2n) is 12.1. The highest BCUT2D eigenvalue weighted by atomic mass is 16.3. The van der Waals surface area contributed by atoms with Crippen molar-refractivity contribution in [1.29, 1.82) is 0 Å². The Balaban J connectivity index is 0.00000149. The van der Waals surface area contributed by atoms with Gasteiger partial charge >= 0.3 is 0 Å². The zero-order valence-electron chi connectivity index (χ0n) is 26.6. The largest absolute Gasteiger partial charge is 0.455 e. The SMILES string of the molecule is C1=CC2=C(CC1)c1ccccc1-n1c(cc3cc4ccccc4cc31)N2c1cccc(-c2cccc3c2oc2ccccc23)c1.CC. The average molecular weight is 607 g/mol. The molecule has 3 heterocycles. The summed E-state index contributed by atoms with van der Waals surface area (Å²) in [5.41, 5.74) is 11.6. The van der Waals surface area contributed by atoms with Gasteiger partial charge in [-0.3, -0.25) is 9.47 Å². The summed E-state index contributed by atoms with van der Waals surface area (Å²) >= 11 is 0. The molecule has 0 fully saturated rings. The lowest BCUT2D eigenvalue weighted by Gasteiger charge is -2.28. The van der Waals surface area contributed by atoms with Gasteiger partial charge in [0, 0.05) is 33.0 Å². The van der Waals surface area contributed by atoms with Crippen LogP contribution in [0.15, 0.2) is 156 Å². The van der Waals surface area contributed by atoms with Gasteiger partial charge < -0.3 is 4.42 Å². The number of hydrogen-bond acceptors (Lipinski definition) is 2. The minimum absolute atomic E-state index is 0.917. The summed E-state index contributed by atoms with van der Waals surface area (Å²) in [6, 6.07) is 48.3. The van der Waals surface area contributed by atoms with Crippen LogP contribution in [-0.2, 0) is 0 Å². The first-order chi connectivity index (χ1) is 23.3. The Morgan fingerprint density at radius 1 is 0.617 bits per heavy atom. The smallest absolute Gasteiger partial charge is 0.143 e. The molecule has 0 unspecified atom stereocenters. The first-order valence-corrected chi connectivity index (χ1v) is 16.7. The van der Waals surface area contributed by atoms with Crippen LogP contribution in [0.1, 0.15) is 32.3 Å². The Kier molecular flexibility index (Phi) is 6.39. The van der Waals surface area contributed by atoms with Gasteiger partial charge in [0.05, 0.1) is 16.9 Å². The average Bonchev–Trinajstić information content (AvgIpc) is 3.66. The van der Waals surface area contributed by atoms with Crippen molar-refractivity contribution in [3.8, 4) is 16.8 Å². The van der Waals surface area contributed by atoms with Crippen molar-refractivity contribution in [3.05, 3.63) is 157 Å². The fraction of sp³-hybridized carbons (Fsp3) is 0.0909. The molecule has 226 valence electrons. The molecule has 0 radical (unpaired) electrons. The van der Waals surface area contributed by atoms with E-state index in [0.717, 1.165) is 57.4 Å². The van der Waals surface area contributed by atoms with Gasteiger partial charge in [0.2, 0.25) is 0 Å². The molecule has 1 aliphatic heterocycles. The predicted octanol–water partition coefficient (Wildman–Crippen LogP) is 12.6. The second-order valence-corrected chi connectivity index (χ2v) is 12.1. The third-order valence-corrected chi connectivity index (χ3v) is 9.56. The van der Waals surface area contributed by atoms with Crippen LogP contribution >= 0.6 is 0 Å². The maximum absolute atomic E-state index is 6.47. The minimum Gasteiger partial charge on any atom is -0.455 e. The molecule has 0 spiro atoms. The number of nitrogens with zero attached hydrogens (tertiary/aromatic N) is 2. The van der Waals surface area contributed by atoms with E-state index in [1.165, 1.54) is 44.2 Å². The summed E-state index contributed by atoms with van der Waals surface area (Å²) in [4.78, 5) is 2.47. The van der Waals surface area contributed by atoms with Crippen LogP contribution in [0.5, 0.6) is 0 Å². The molecule has 0 N–H and O–H groups in total. The van der Waals surface area contributed by atoms with E-state index in [1.54, 1.807) is 0 Å². The molecular weight excluding hydrogens is 572 g/mol. The van der Waals surface area contributed by atoms with E-state index in [4.69, 9.17) is 4.42 Å². The molecule has 3 heteroatoms. The molecule has 10 rings (SSSR count). The van der Waals surface area contributed by atoms with E-state index < -0.39 is 0 Å². The molecule has 1 aliphatic carbocycles. The van der Waals surface area contributed by atoms with Gasteiger partial charge in [-0.2, -0.15) is 0 Å². The number of allylic oxidation sites excluding steroid dienone is 3. The van der Waals surface area contributed by atoms with E-state index >= 15 is 0 Å². The van der Waals surface area contributed by atoms with E-state index in [0.29, 0.717) is 0 Å². The molecule has 0 bridgehead atoms. The number of para-hydroxylation sites is 3. The lowest BCUT2D eigenvalue weighted by Crippen LogP contribution is -2.18. The lowest BCUT2D eigenvalue weighted by atomic mass is 9.93. The van der Waals surface area contributed by atoms with Crippen molar-refractivity contribution in [3.63, 3.8) is 0 Å². The van der Waals surface area contributed by atoms with Gasteiger partial charge in [-0.1, -0.05) is 111 Å². The Bertz CT molecular complexity index is 2560. The highest BCUT2D eigenvalue weighted by molar-refractivity contribution is 6.10. The van der Waals surface area contributed by atoms with Crippen LogP contribution in [0.25, 0.3) is 66.0 Å². The number of anilines is 2. The van der Waals surface area contributed by atoms with Crippen molar-refractivity contribution in [2.75, 3.05) is 4.90 Å². The van der Waals surface area contributed by atoms with E-state index in [9.17, 15) is 0 Å². The predicted molar refractivity (Wildman–Crippen MR) is 199 cm³/mol. The van der Waals surface area contributed by atoms with Crippen LogP contribution in [0.3, 0.4) is 0 Å². The van der Waals surface area contributed by atoms with Gasteiger partial charge in [0.15, 0.2) is 0 Å². The molecule has 0 saturated carbocycles.